The van der Waals surface area contributed by atoms with E-state index in [1.807, 2.05) is 38.1 Å². The Bertz CT molecular complexity index is 1000. The summed E-state index contributed by atoms with van der Waals surface area (Å²) in [6, 6.07) is 17.9. The molecule has 0 aliphatic carbocycles. The van der Waals surface area contributed by atoms with Gasteiger partial charge in [-0.2, -0.15) is 0 Å². The van der Waals surface area contributed by atoms with E-state index in [0.29, 0.717) is 17.1 Å². The predicted octanol–water partition coefficient (Wildman–Crippen LogP) is 5.35. The van der Waals surface area contributed by atoms with Gasteiger partial charge in [0, 0.05) is 23.5 Å². The summed E-state index contributed by atoms with van der Waals surface area (Å²) < 4.78 is 13.2. The van der Waals surface area contributed by atoms with Crippen LogP contribution < -0.4 is 4.74 Å². The molecule has 29 heavy (non-hydrogen) atoms. The molecule has 3 aromatic rings. The molecule has 3 rings (SSSR count). The summed E-state index contributed by atoms with van der Waals surface area (Å²) in [7, 11) is 0. The summed E-state index contributed by atoms with van der Waals surface area (Å²) in [4.78, 5) is 25.2. The minimum Gasteiger partial charge on any atom is -0.456 e. The third kappa shape index (κ3) is 4.74. The lowest BCUT2D eigenvalue weighted by atomic mass is 10.1. The Morgan fingerprint density at radius 1 is 0.931 bits per heavy atom. The monoisotopic (exact) mass is 391 g/mol. The lowest BCUT2D eigenvalue weighted by molar-refractivity contribution is 0.0472. The van der Waals surface area contributed by atoms with Crippen LogP contribution in [0.4, 0.5) is 0 Å². The van der Waals surface area contributed by atoms with E-state index in [2.05, 4.69) is 11.5 Å². The second kappa shape index (κ2) is 9.24. The van der Waals surface area contributed by atoms with Crippen LogP contribution in [0, 0.1) is 13.8 Å². The summed E-state index contributed by atoms with van der Waals surface area (Å²) in [5, 5.41) is 0. The Balaban J connectivity index is 1.70. The molecule has 0 spiro atoms. The average Bonchev–Trinajstić information content (AvgIpc) is 3.01. The normalized spacial score (nSPS) is 10.6. The number of rotatable bonds is 8. The smallest absolute Gasteiger partial charge is 0.342 e. The standard InChI is InChI=1S/C24H25NO4/c1-4-14-25-17(2)15-21(18(25)3)22(26)16-28-24(27)20-12-8-9-13-23(20)29-19-10-6-5-7-11-19/h5-13,15H,4,14,16H2,1-3H3. The van der Waals surface area contributed by atoms with Gasteiger partial charge in [-0.1, -0.05) is 37.3 Å². The number of Topliss-reactive ketones (excluding diaryl/α,β-unsaturated/α-hetero) is 1. The second-order valence-electron chi connectivity index (χ2n) is 6.85. The van der Waals surface area contributed by atoms with Crippen molar-refractivity contribution in [3.05, 3.63) is 83.2 Å². The van der Waals surface area contributed by atoms with Crippen LogP contribution in [0.15, 0.2) is 60.7 Å². The quantitative estimate of drug-likeness (QED) is 0.384. The molecule has 0 atom stereocenters. The van der Waals surface area contributed by atoms with Crippen molar-refractivity contribution in [3.63, 3.8) is 0 Å². The van der Waals surface area contributed by atoms with Crippen LogP contribution in [0.2, 0.25) is 0 Å². The average molecular weight is 391 g/mol. The number of ether oxygens (including phenoxy) is 2. The molecule has 0 N–H and O–H groups in total. The minimum absolute atomic E-state index is 0.213. The highest BCUT2D eigenvalue weighted by atomic mass is 16.5. The number of carbonyl (C=O) groups excluding carboxylic acids is 2. The number of esters is 1. The zero-order valence-electron chi connectivity index (χ0n) is 17.0. The molecule has 0 fully saturated rings. The SMILES string of the molecule is CCCn1c(C)cc(C(=O)COC(=O)c2ccccc2Oc2ccccc2)c1C. The van der Waals surface area contributed by atoms with Crippen molar-refractivity contribution in [2.75, 3.05) is 6.61 Å². The van der Waals surface area contributed by atoms with Crippen molar-refractivity contribution >= 4 is 11.8 Å². The predicted molar refractivity (Wildman–Crippen MR) is 112 cm³/mol. The molecule has 2 aromatic carbocycles. The highest BCUT2D eigenvalue weighted by molar-refractivity contribution is 6.01. The van der Waals surface area contributed by atoms with E-state index in [1.54, 1.807) is 36.4 Å². The van der Waals surface area contributed by atoms with Gasteiger partial charge in [-0.05, 0) is 50.6 Å². The molecular weight excluding hydrogens is 366 g/mol. The summed E-state index contributed by atoms with van der Waals surface area (Å²) in [6.45, 7) is 6.53. The third-order valence-corrected chi connectivity index (χ3v) is 4.73. The molecule has 0 amide bonds. The van der Waals surface area contributed by atoms with Gasteiger partial charge in [0.25, 0.3) is 0 Å². The number of hydrogen-bond donors (Lipinski definition) is 0. The van der Waals surface area contributed by atoms with Crippen LogP contribution in [0.1, 0.15) is 45.4 Å². The molecular formula is C24H25NO4. The van der Waals surface area contributed by atoms with E-state index >= 15 is 0 Å². The van der Waals surface area contributed by atoms with Gasteiger partial charge in [0.2, 0.25) is 5.78 Å². The topological polar surface area (TPSA) is 57.5 Å². The molecule has 0 bridgehead atoms. The Hall–Kier alpha value is -3.34. The van der Waals surface area contributed by atoms with Crippen LogP contribution >= 0.6 is 0 Å². The molecule has 1 heterocycles. The first-order valence-electron chi connectivity index (χ1n) is 9.70. The number of para-hydroxylation sites is 2. The van der Waals surface area contributed by atoms with Gasteiger partial charge in [-0.15, -0.1) is 0 Å². The van der Waals surface area contributed by atoms with Crippen molar-refractivity contribution in [2.45, 2.75) is 33.7 Å². The van der Waals surface area contributed by atoms with E-state index < -0.39 is 5.97 Å². The highest BCUT2D eigenvalue weighted by Gasteiger charge is 2.19. The van der Waals surface area contributed by atoms with Crippen molar-refractivity contribution in [1.29, 1.82) is 0 Å². The minimum atomic E-state index is -0.591. The lowest BCUT2D eigenvalue weighted by Crippen LogP contribution is -2.15. The van der Waals surface area contributed by atoms with E-state index in [-0.39, 0.29) is 18.0 Å². The number of ketones is 1. The van der Waals surface area contributed by atoms with Crippen LogP contribution in [-0.4, -0.2) is 22.9 Å². The van der Waals surface area contributed by atoms with Gasteiger partial charge in [0.15, 0.2) is 6.61 Å². The number of benzene rings is 2. The molecule has 1 aromatic heterocycles. The van der Waals surface area contributed by atoms with Gasteiger partial charge in [0.05, 0.1) is 0 Å². The first kappa shape index (κ1) is 20.4. The molecule has 5 nitrogen and oxygen atoms in total. The summed E-state index contributed by atoms with van der Waals surface area (Å²) >= 11 is 0. The molecule has 0 saturated carbocycles. The molecule has 150 valence electrons. The Morgan fingerprint density at radius 2 is 1.62 bits per heavy atom. The number of nitrogens with zero attached hydrogens (tertiary/aromatic N) is 1. The van der Waals surface area contributed by atoms with E-state index in [1.165, 1.54) is 0 Å². The van der Waals surface area contributed by atoms with Crippen LogP contribution in [0.5, 0.6) is 11.5 Å². The van der Waals surface area contributed by atoms with Gasteiger partial charge in [-0.3, -0.25) is 4.79 Å². The summed E-state index contributed by atoms with van der Waals surface area (Å²) in [5.74, 6) is 0.201. The fraction of sp³-hybridized carbons (Fsp3) is 0.250. The lowest BCUT2D eigenvalue weighted by Gasteiger charge is -2.11. The number of carbonyl (C=O) groups is 2. The van der Waals surface area contributed by atoms with Gasteiger partial charge >= 0.3 is 5.97 Å². The first-order chi connectivity index (χ1) is 14.0. The largest absolute Gasteiger partial charge is 0.456 e. The maximum absolute atomic E-state index is 12.6. The molecule has 5 heteroatoms. The molecule has 0 saturated heterocycles. The van der Waals surface area contributed by atoms with Crippen molar-refractivity contribution in [1.82, 2.24) is 4.57 Å². The third-order valence-electron chi connectivity index (χ3n) is 4.73. The maximum Gasteiger partial charge on any atom is 0.342 e. The second-order valence-corrected chi connectivity index (χ2v) is 6.85. The molecule has 0 unspecified atom stereocenters. The van der Waals surface area contributed by atoms with E-state index in [0.717, 1.165) is 24.4 Å². The van der Waals surface area contributed by atoms with Crippen LogP contribution in [-0.2, 0) is 11.3 Å². The molecule has 0 aliphatic heterocycles. The summed E-state index contributed by atoms with van der Waals surface area (Å²) in [5.41, 5.74) is 2.80. The first-order valence-corrected chi connectivity index (χ1v) is 9.70. The van der Waals surface area contributed by atoms with Gasteiger partial charge < -0.3 is 14.0 Å². The van der Waals surface area contributed by atoms with Gasteiger partial charge in [0.1, 0.15) is 17.1 Å². The van der Waals surface area contributed by atoms with Crippen molar-refractivity contribution in [3.8, 4) is 11.5 Å². The van der Waals surface area contributed by atoms with Crippen molar-refractivity contribution in [2.24, 2.45) is 0 Å². The Morgan fingerprint density at radius 3 is 2.34 bits per heavy atom. The fourth-order valence-electron chi connectivity index (χ4n) is 3.28. The number of hydrogen-bond acceptors (Lipinski definition) is 4. The zero-order valence-corrected chi connectivity index (χ0v) is 17.0. The van der Waals surface area contributed by atoms with Crippen molar-refractivity contribution < 1.29 is 19.1 Å². The number of aryl methyl sites for hydroxylation is 1. The molecule has 0 aliphatic rings. The van der Waals surface area contributed by atoms with Crippen LogP contribution in [0.25, 0.3) is 0 Å². The van der Waals surface area contributed by atoms with Gasteiger partial charge in [-0.25, -0.2) is 4.79 Å². The number of aromatic nitrogens is 1. The summed E-state index contributed by atoms with van der Waals surface area (Å²) in [6.07, 6.45) is 0.983. The molecule has 0 radical (unpaired) electrons. The Kier molecular flexibility index (Phi) is 6.50. The Labute approximate surface area is 170 Å². The van der Waals surface area contributed by atoms with Crippen LogP contribution in [0.3, 0.4) is 0 Å². The van der Waals surface area contributed by atoms with E-state index in [9.17, 15) is 9.59 Å². The maximum atomic E-state index is 12.6. The fourth-order valence-corrected chi connectivity index (χ4v) is 3.28. The highest BCUT2D eigenvalue weighted by Crippen LogP contribution is 2.25. The van der Waals surface area contributed by atoms with E-state index in [4.69, 9.17) is 9.47 Å². The zero-order chi connectivity index (χ0) is 20.8.